The van der Waals surface area contributed by atoms with Gasteiger partial charge in [-0.3, -0.25) is 9.59 Å². The minimum absolute atomic E-state index is 0.137. The van der Waals surface area contributed by atoms with Gasteiger partial charge in [-0.1, -0.05) is 12.1 Å². The van der Waals surface area contributed by atoms with Gasteiger partial charge in [0.05, 0.1) is 0 Å². The summed E-state index contributed by atoms with van der Waals surface area (Å²) in [4.78, 5) is 27.9. The van der Waals surface area contributed by atoms with Crippen molar-refractivity contribution in [1.82, 2.24) is 10.3 Å². The molecule has 1 aromatic carbocycles. The van der Waals surface area contributed by atoms with E-state index in [1.807, 2.05) is 31.4 Å². The van der Waals surface area contributed by atoms with Gasteiger partial charge in [0.2, 0.25) is 0 Å². The van der Waals surface area contributed by atoms with E-state index in [1.165, 1.54) is 22.7 Å². The second-order valence-corrected chi connectivity index (χ2v) is 5.73. The van der Waals surface area contributed by atoms with E-state index in [2.05, 4.69) is 10.3 Å². The van der Waals surface area contributed by atoms with Crippen molar-refractivity contribution in [2.45, 2.75) is 25.3 Å². The third-order valence-electron chi connectivity index (χ3n) is 3.21. The molecule has 0 saturated carbocycles. The molecule has 0 saturated heterocycles. The highest BCUT2D eigenvalue weighted by molar-refractivity contribution is 7.98. The Hall–Kier alpha value is -2.01. The Bertz CT molecular complexity index is 722. The maximum absolute atomic E-state index is 12.0. The number of aromatic amines is 1. The topological polar surface area (TPSA) is 62.0 Å². The van der Waals surface area contributed by atoms with E-state index in [0.29, 0.717) is 6.54 Å². The number of rotatable bonds is 4. The fraction of sp³-hybridized carbons (Fsp3) is 0.250. The lowest BCUT2D eigenvalue weighted by molar-refractivity contribution is 0.0949. The molecule has 0 bridgehead atoms. The SMILES string of the molecule is CSc1ccc(CNC(=O)c2c[nH]c(C)cc2=O)cc1C. The highest BCUT2D eigenvalue weighted by atomic mass is 32.2. The monoisotopic (exact) mass is 302 g/mol. The van der Waals surface area contributed by atoms with Crippen molar-refractivity contribution in [2.75, 3.05) is 6.26 Å². The molecule has 1 amide bonds. The number of hydrogen-bond donors (Lipinski definition) is 2. The number of amides is 1. The normalized spacial score (nSPS) is 10.4. The maximum atomic E-state index is 12.0. The van der Waals surface area contributed by atoms with Crippen LogP contribution in [0.1, 0.15) is 27.2 Å². The van der Waals surface area contributed by atoms with E-state index < -0.39 is 0 Å². The number of H-pyrrole nitrogens is 1. The number of nitrogens with one attached hydrogen (secondary N) is 2. The summed E-state index contributed by atoms with van der Waals surface area (Å²) in [7, 11) is 0. The average Bonchev–Trinajstić information content (AvgIpc) is 2.45. The summed E-state index contributed by atoms with van der Waals surface area (Å²) >= 11 is 1.70. The predicted octanol–water partition coefficient (Wildman–Crippen LogP) is 2.64. The molecule has 0 radical (unpaired) electrons. The third kappa shape index (κ3) is 3.76. The molecule has 5 heteroatoms. The molecule has 1 heterocycles. The molecule has 0 aliphatic rings. The van der Waals surface area contributed by atoms with Gasteiger partial charge in [0.15, 0.2) is 5.43 Å². The Morgan fingerprint density at radius 3 is 2.67 bits per heavy atom. The van der Waals surface area contributed by atoms with Gasteiger partial charge in [-0.25, -0.2) is 0 Å². The smallest absolute Gasteiger partial charge is 0.257 e. The lowest BCUT2D eigenvalue weighted by Gasteiger charge is -2.08. The zero-order chi connectivity index (χ0) is 15.4. The van der Waals surface area contributed by atoms with E-state index >= 15 is 0 Å². The summed E-state index contributed by atoms with van der Waals surface area (Å²) < 4.78 is 0. The lowest BCUT2D eigenvalue weighted by atomic mass is 10.1. The quantitative estimate of drug-likeness (QED) is 0.854. The second-order valence-electron chi connectivity index (χ2n) is 4.88. The Labute approximate surface area is 128 Å². The maximum Gasteiger partial charge on any atom is 0.257 e. The predicted molar refractivity (Wildman–Crippen MR) is 85.9 cm³/mol. The van der Waals surface area contributed by atoms with Crippen LogP contribution in [0.15, 0.2) is 40.2 Å². The van der Waals surface area contributed by atoms with E-state index in [4.69, 9.17) is 0 Å². The molecule has 0 spiro atoms. The van der Waals surface area contributed by atoms with Gasteiger partial charge in [0.1, 0.15) is 5.56 Å². The van der Waals surface area contributed by atoms with Gasteiger partial charge in [-0.2, -0.15) is 0 Å². The molecule has 2 aromatic rings. The van der Waals surface area contributed by atoms with Crippen molar-refractivity contribution in [3.05, 3.63) is 63.1 Å². The van der Waals surface area contributed by atoms with Crippen LogP contribution in [0, 0.1) is 13.8 Å². The van der Waals surface area contributed by atoms with Gasteiger partial charge in [-0.05, 0) is 37.3 Å². The van der Waals surface area contributed by atoms with Gasteiger partial charge in [0.25, 0.3) is 5.91 Å². The van der Waals surface area contributed by atoms with E-state index in [0.717, 1.165) is 11.3 Å². The summed E-state index contributed by atoms with van der Waals surface area (Å²) in [6, 6.07) is 7.50. The molecule has 0 unspecified atom stereocenters. The number of aryl methyl sites for hydroxylation is 2. The first kappa shape index (κ1) is 15.4. The highest BCUT2D eigenvalue weighted by Gasteiger charge is 2.10. The molecule has 1 aromatic heterocycles. The first-order valence-corrected chi connectivity index (χ1v) is 7.85. The number of aromatic nitrogens is 1. The van der Waals surface area contributed by atoms with Crippen molar-refractivity contribution in [2.24, 2.45) is 0 Å². The van der Waals surface area contributed by atoms with Crippen LogP contribution in [0.3, 0.4) is 0 Å². The molecular weight excluding hydrogens is 284 g/mol. The van der Waals surface area contributed by atoms with Gasteiger partial charge >= 0.3 is 0 Å². The molecule has 0 aliphatic heterocycles. The standard InChI is InChI=1S/C16H18N2O2S/c1-10-6-12(4-5-15(10)21-3)8-18-16(20)13-9-17-11(2)7-14(13)19/h4-7,9H,8H2,1-3H3,(H,17,19)(H,18,20). The largest absolute Gasteiger partial charge is 0.364 e. The number of benzene rings is 1. The van der Waals surface area contributed by atoms with Crippen LogP contribution in [0.5, 0.6) is 0 Å². The zero-order valence-electron chi connectivity index (χ0n) is 12.3. The number of carbonyl (C=O) groups is 1. The summed E-state index contributed by atoms with van der Waals surface area (Å²) in [5.41, 5.74) is 2.81. The molecule has 0 fully saturated rings. The summed E-state index contributed by atoms with van der Waals surface area (Å²) in [5, 5.41) is 2.77. The van der Waals surface area contributed by atoms with Crippen LogP contribution in [0.4, 0.5) is 0 Å². The van der Waals surface area contributed by atoms with E-state index in [9.17, 15) is 9.59 Å². The first-order chi connectivity index (χ1) is 10.0. The van der Waals surface area contributed by atoms with Crippen LogP contribution in [0.25, 0.3) is 0 Å². The molecule has 2 N–H and O–H groups in total. The fourth-order valence-electron chi connectivity index (χ4n) is 2.08. The summed E-state index contributed by atoms with van der Waals surface area (Å²) in [6.45, 7) is 4.22. The van der Waals surface area contributed by atoms with Crippen molar-refractivity contribution in [3.63, 3.8) is 0 Å². The molecular formula is C16H18N2O2S. The number of pyridine rings is 1. The molecule has 0 aliphatic carbocycles. The minimum Gasteiger partial charge on any atom is -0.364 e. The first-order valence-electron chi connectivity index (χ1n) is 6.62. The number of thioether (sulfide) groups is 1. The van der Waals surface area contributed by atoms with Crippen molar-refractivity contribution in [1.29, 1.82) is 0 Å². The number of carbonyl (C=O) groups excluding carboxylic acids is 1. The minimum atomic E-state index is -0.358. The Morgan fingerprint density at radius 1 is 1.29 bits per heavy atom. The average molecular weight is 302 g/mol. The van der Waals surface area contributed by atoms with Gasteiger partial charge in [-0.15, -0.1) is 11.8 Å². The highest BCUT2D eigenvalue weighted by Crippen LogP contribution is 2.20. The fourth-order valence-corrected chi connectivity index (χ4v) is 2.66. The van der Waals surface area contributed by atoms with Gasteiger partial charge in [0, 0.05) is 29.4 Å². The molecule has 4 nitrogen and oxygen atoms in total. The zero-order valence-corrected chi connectivity index (χ0v) is 13.1. The summed E-state index contributed by atoms with van der Waals surface area (Å²) in [6.07, 6.45) is 3.49. The Kier molecular flexibility index (Phi) is 4.85. The second kappa shape index (κ2) is 6.63. The molecule has 0 atom stereocenters. The van der Waals surface area contributed by atoms with Crippen LogP contribution in [-0.2, 0) is 6.54 Å². The molecule has 21 heavy (non-hydrogen) atoms. The van der Waals surface area contributed by atoms with Crippen LogP contribution < -0.4 is 10.7 Å². The lowest BCUT2D eigenvalue weighted by Crippen LogP contribution is -2.28. The van der Waals surface area contributed by atoms with Crippen molar-refractivity contribution in [3.8, 4) is 0 Å². The number of hydrogen-bond acceptors (Lipinski definition) is 3. The van der Waals surface area contributed by atoms with Crippen molar-refractivity contribution >= 4 is 17.7 Å². The molecule has 110 valence electrons. The summed E-state index contributed by atoms with van der Waals surface area (Å²) in [5.74, 6) is -0.358. The van der Waals surface area contributed by atoms with E-state index in [1.54, 1.807) is 18.7 Å². The third-order valence-corrected chi connectivity index (χ3v) is 4.11. The van der Waals surface area contributed by atoms with E-state index in [-0.39, 0.29) is 16.9 Å². The van der Waals surface area contributed by atoms with Crippen molar-refractivity contribution < 1.29 is 4.79 Å². The van der Waals surface area contributed by atoms with Crippen LogP contribution >= 0.6 is 11.8 Å². The Morgan fingerprint density at radius 2 is 2.05 bits per heavy atom. The Balaban J connectivity index is 2.07. The van der Waals surface area contributed by atoms with Crippen LogP contribution in [-0.4, -0.2) is 17.1 Å². The van der Waals surface area contributed by atoms with Crippen LogP contribution in [0.2, 0.25) is 0 Å². The van der Waals surface area contributed by atoms with Gasteiger partial charge < -0.3 is 10.3 Å². The molecule has 2 rings (SSSR count).